The van der Waals surface area contributed by atoms with Crippen molar-refractivity contribution in [2.24, 2.45) is 5.92 Å². The van der Waals surface area contributed by atoms with E-state index in [1.165, 1.54) is 0 Å². The normalized spacial score (nSPS) is 14.7. The highest BCUT2D eigenvalue weighted by Gasteiger charge is 2.16. The van der Waals surface area contributed by atoms with Crippen LogP contribution in [0.1, 0.15) is 31.1 Å². The Morgan fingerprint density at radius 3 is 2.71 bits per heavy atom. The maximum Gasteiger partial charge on any atom is 0.124 e. The summed E-state index contributed by atoms with van der Waals surface area (Å²) in [6, 6.07) is 12.1. The van der Waals surface area contributed by atoms with Crippen molar-refractivity contribution in [3.05, 3.63) is 66.2 Å². The van der Waals surface area contributed by atoms with E-state index in [4.69, 9.17) is 4.74 Å². The van der Waals surface area contributed by atoms with Crippen LogP contribution in [0.15, 0.2) is 55.1 Å². The second-order valence-corrected chi connectivity index (χ2v) is 7.19. The van der Waals surface area contributed by atoms with Gasteiger partial charge in [0.05, 0.1) is 25.2 Å². The molecule has 0 saturated carbocycles. The molecule has 2 aromatic heterocycles. The Morgan fingerprint density at radius 2 is 1.89 bits per heavy atom. The van der Waals surface area contributed by atoms with Gasteiger partial charge in [-0.3, -0.25) is 4.98 Å². The lowest BCUT2D eigenvalue weighted by atomic mass is 10.1. The van der Waals surface area contributed by atoms with E-state index in [1.807, 2.05) is 42.9 Å². The zero-order valence-electron chi connectivity index (χ0n) is 16.0. The number of hydrogen-bond donors (Lipinski definition) is 4. The van der Waals surface area contributed by atoms with Gasteiger partial charge in [-0.25, -0.2) is 15.8 Å². The van der Waals surface area contributed by atoms with Crippen LogP contribution < -0.4 is 26.7 Å². The highest BCUT2D eigenvalue weighted by atomic mass is 16.5. The van der Waals surface area contributed by atoms with E-state index in [9.17, 15) is 0 Å². The number of rotatable bonds is 7. The minimum absolute atomic E-state index is 0.0335. The van der Waals surface area contributed by atoms with Gasteiger partial charge in [0.1, 0.15) is 17.6 Å². The van der Waals surface area contributed by atoms with Gasteiger partial charge < -0.3 is 9.30 Å². The van der Waals surface area contributed by atoms with E-state index >= 15 is 0 Å². The van der Waals surface area contributed by atoms with Crippen LogP contribution in [0.2, 0.25) is 0 Å². The Kier molecular flexibility index (Phi) is 5.63. The molecule has 1 aliphatic heterocycles. The van der Waals surface area contributed by atoms with Crippen LogP contribution in [0.25, 0.3) is 11.4 Å². The number of hydrogen-bond acceptors (Lipinski definition) is 7. The van der Waals surface area contributed by atoms with Crippen molar-refractivity contribution in [1.82, 2.24) is 36.5 Å². The van der Waals surface area contributed by atoms with Crippen LogP contribution in [0, 0.1) is 5.92 Å². The summed E-state index contributed by atoms with van der Waals surface area (Å²) in [6.45, 7) is 5.69. The van der Waals surface area contributed by atoms with Crippen molar-refractivity contribution in [2.75, 3.05) is 6.61 Å². The van der Waals surface area contributed by atoms with Crippen molar-refractivity contribution in [2.45, 2.75) is 26.6 Å². The minimum atomic E-state index is -0.0335. The van der Waals surface area contributed by atoms with Gasteiger partial charge in [-0.2, -0.15) is 11.1 Å². The van der Waals surface area contributed by atoms with Crippen LogP contribution in [0.5, 0.6) is 5.75 Å². The van der Waals surface area contributed by atoms with Crippen LogP contribution in [-0.4, -0.2) is 21.1 Å². The molecule has 4 N–H and O–H groups in total. The van der Waals surface area contributed by atoms with Gasteiger partial charge >= 0.3 is 0 Å². The molecule has 3 heterocycles. The van der Waals surface area contributed by atoms with Crippen LogP contribution in [0.4, 0.5) is 0 Å². The number of pyridine rings is 1. The van der Waals surface area contributed by atoms with E-state index in [0.29, 0.717) is 19.1 Å². The van der Waals surface area contributed by atoms with Crippen molar-refractivity contribution >= 4 is 0 Å². The molecular weight excluding hydrogens is 354 g/mol. The fourth-order valence-electron chi connectivity index (χ4n) is 2.99. The van der Waals surface area contributed by atoms with E-state index in [0.717, 1.165) is 28.3 Å². The lowest BCUT2D eigenvalue weighted by molar-refractivity contribution is 0.268. The molecule has 1 aromatic carbocycles. The summed E-state index contributed by atoms with van der Waals surface area (Å²) in [6.07, 6.45) is 5.60. The third kappa shape index (κ3) is 4.37. The van der Waals surface area contributed by atoms with Gasteiger partial charge in [0.25, 0.3) is 0 Å². The Bertz CT molecular complexity index is 918. The third-order valence-corrected chi connectivity index (χ3v) is 4.41. The Morgan fingerprint density at radius 1 is 1.07 bits per heavy atom. The van der Waals surface area contributed by atoms with E-state index in [1.54, 1.807) is 6.20 Å². The first-order valence-electron chi connectivity index (χ1n) is 9.39. The molecule has 4 rings (SSSR count). The first kappa shape index (κ1) is 18.6. The topological polar surface area (TPSA) is 88.1 Å². The Balaban J connectivity index is 1.50. The predicted octanol–water partition coefficient (Wildman–Crippen LogP) is 2.14. The van der Waals surface area contributed by atoms with Gasteiger partial charge in [0.15, 0.2) is 0 Å². The summed E-state index contributed by atoms with van der Waals surface area (Å²) in [4.78, 5) is 9.01. The van der Waals surface area contributed by atoms with Gasteiger partial charge in [-0.1, -0.05) is 32.0 Å². The number of ether oxygens (including phenoxy) is 1. The van der Waals surface area contributed by atoms with Crippen LogP contribution in [0.3, 0.4) is 0 Å². The monoisotopic (exact) mass is 379 g/mol. The molecule has 146 valence electrons. The minimum Gasteiger partial charge on any atom is -0.493 e. The highest BCUT2D eigenvalue weighted by Crippen LogP contribution is 2.22. The molecular formula is C20H25N7O. The Hall–Kier alpha value is -2.78. The first-order valence-corrected chi connectivity index (χ1v) is 9.39. The number of imidazole rings is 1. The number of nitrogens with zero attached hydrogens (tertiary/aromatic N) is 3. The molecule has 0 atom stereocenters. The first-order chi connectivity index (χ1) is 13.7. The largest absolute Gasteiger partial charge is 0.493 e. The zero-order chi connectivity index (χ0) is 19.3. The van der Waals surface area contributed by atoms with Crippen molar-refractivity contribution in [3.8, 4) is 17.1 Å². The second kappa shape index (κ2) is 8.49. The molecule has 8 heteroatoms. The van der Waals surface area contributed by atoms with Crippen molar-refractivity contribution in [1.29, 1.82) is 0 Å². The molecule has 1 aliphatic rings. The van der Waals surface area contributed by atoms with E-state index < -0.39 is 0 Å². The van der Waals surface area contributed by atoms with Crippen LogP contribution in [-0.2, 0) is 6.54 Å². The van der Waals surface area contributed by atoms with Gasteiger partial charge in [0.2, 0.25) is 0 Å². The molecule has 0 spiro atoms. The molecule has 0 aliphatic carbocycles. The van der Waals surface area contributed by atoms with Crippen LogP contribution >= 0.6 is 0 Å². The number of nitrogens with one attached hydrogen (secondary N) is 4. The quantitative estimate of drug-likeness (QED) is 0.500. The maximum absolute atomic E-state index is 5.96. The maximum atomic E-state index is 5.96. The van der Waals surface area contributed by atoms with Crippen molar-refractivity contribution in [3.63, 3.8) is 0 Å². The zero-order valence-corrected chi connectivity index (χ0v) is 16.0. The summed E-state index contributed by atoms with van der Waals surface area (Å²) >= 11 is 0. The second-order valence-electron chi connectivity index (χ2n) is 7.19. The number of aromatic nitrogens is 3. The van der Waals surface area contributed by atoms with Gasteiger partial charge in [0, 0.05) is 18.0 Å². The van der Waals surface area contributed by atoms with E-state index in [-0.39, 0.29) is 6.17 Å². The molecule has 8 nitrogen and oxygen atoms in total. The number of benzene rings is 1. The summed E-state index contributed by atoms with van der Waals surface area (Å²) in [7, 11) is 0. The lowest BCUT2D eigenvalue weighted by Crippen LogP contribution is -2.33. The van der Waals surface area contributed by atoms with Gasteiger partial charge in [-0.15, -0.1) is 0 Å². The van der Waals surface area contributed by atoms with E-state index in [2.05, 4.69) is 56.4 Å². The molecule has 0 radical (unpaired) electrons. The molecule has 28 heavy (non-hydrogen) atoms. The number of para-hydroxylation sites is 1. The summed E-state index contributed by atoms with van der Waals surface area (Å²) in [5, 5.41) is 0. The molecule has 0 bridgehead atoms. The standard InChI is InChI=1S/C20H25N7O/c1-14(2)12-28-19-6-4-3-5-16(19)10-27-11-18(22-13-27)17-9-15(7-8-21-17)20-23-25-26-24-20/h3-9,11,13-14,20,23-26H,10,12H2,1-2H3. The van der Waals surface area contributed by atoms with Crippen molar-refractivity contribution < 1.29 is 4.74 Å². The molecule has 3 aromatic rings. The number of hydrazine groups is 3. The Labute approximate surface area is 164 Å². The summed E-state index contributed by atoms with van der Waals surface area (Å²) in [5.41, 5.74) is 15.6. The summed E-state index contributed by atoms with van der Waals surface area (Å²) < 4.78 is 8.02. The SMILES string of the molecule is CC(C)COc1ccccc1Cn1cnc(-c2cc(C3NNNN3)ccn2)c1. The highest BCUT2D eigenvalue weighted by molar-refractivity contribution is 5.54. The average Bonchev–Trinajstić information content (AvgIpc) is 3.40. The smallest absolute Gasteiger partial charge is 0.124 e. The lowest BCUT2D eigenvalue weighted by Gasteiger charge is -2.13. The molecule has 1 saturated heterocycles. The molecule has 0 unspecified atom stereocenters. The third-order valence-electron chi connectivity index (χ3n) is 4.41. The predicted molar refractivity (Wildman–Crippen MR) is 107 cm³/mol. The molecule has 1 fully saturated rings. The fourth-order valence-corrected chi connectivity index (χ4v) is 2.99. The average molecular weight is 379 g/mol. The summed E-state index contributed by atoms with van der Waals surface area (Å²) in [5.74, 6) is 1.41. The van der Waals surface area contributed by atoms with Gasteiger partial charge in [-0.05, 0) is 29.7 Å². The molecule has 0 amide bonds. The fraction of sp³-hybridized carbons (Fsp3) is 0.300.